The van der Waals surface area contributed by atoms with Crippen LogP contribution in [0, 0.1) is 13.8 Å². The summed E-state index contributed by atoms with van der Waals surface area (Å²) in [5, 5.41) is 37.6. The molecule has 6 unspecified atom stereocenters. The Labute approximate surface area is 461 Å². The van der Waals surface area contributed by atoms with Crippen LogP contribution in [0.4, 0.5) is 22.8 Å². The predicted molar refractivity (Wildman–Crippen MR) is 293 cm³/mol. The van der Waals surface area contributed by atoms with E-state index in [2.05, 4.69) is 31.9 Å². The fourth-order valence-corrected chi connectivity index (χ4v) is 10.9. The van der Waals surface area contributed by atoms with E-state index < -0.39 is 81.5 Å². The molecule has 4 aromatic rings. The molecule has 0 radical (unpaired) electrons. The summed E-state index contributed by atoms with van der Waals surface area (Å²) in [4.78, 5) is 80.5. The van der Waals surface area contributed by atoms with Gasteiger partial charge < -0.3 is 61.4 Å². The van der Waals surface area contributed by atoms with Crippen LogP contribution < -0.4 is 41.4 Å². The lowest BCUT2D eigenvalue weighted by Crippen LogP contribution is -2.58. The number of urea groups is 2. The second-order valence-electron chi connectivity index (χ2n) is 20.0. The number of aliphatic hydroxyl groups is 2. The number of nitrogens with zero attached hydrogens (tertiary/aromatic N) is 2. The number of nitrogens with one attached hydrogen (secondary N) is 6. The molecule has 2 heterocycles. The van der Waals surface area contributed by atoms with Crippen LogP contribution in [0.5, 0.6) is 11.5 Å². The maximum atomic E-state index is 13.3. The molecule has 4 aromatic carbocycles. The highest BCUT2D eigenvalue weighted by molar-refractivity contribution is 8.01. The van der Waals surface area contributed by atoms with Crippen LogP contribution in [-0.2, 0) is 51.5 Å². The zero-order valence-corrected chi connectivity index (χ0v) is 47.0. The lowest BCUT2D eigenvalue weighted by atomic mass is 9.99. The molecule has 78 heavy (non-hydrogen) atoms. The number of methoxy groups -OCH3 is 2. The number of alkyl halides is 3. The van der Waals surface area contributed by atoms with Gasteiger partial charge in [0.05, 0.1) is 43.6 Å². The smallest absolute Gasteiger partial charge is 0.416 e. The quantitative estimate of drug-likeness (QED) is 0.0563. The van der Waals surface area contributed by atoms with E-state index in [1.165, 1.54) is 59.5 Å². The number of ether oxygens (including phenoxy) is 2. The van der Waals surface area contributed by atoms with Gasteiger partial charge in [-0.2, -0.15) is 13.2 Å². The summed E-state index contributed by atoms with van der Waals surface area (Å²) in [6, 6.07) is 20.3. The first-order valence-electron chi connectivity index (χ1n) is 25.0. The van der Waals surface area contributed by atoms with Crippen molar-refractivity contribution in [2.24, 2.45) is 0 Å². The van der Waals surface area contributed by atoms with Gasteiger partial charge in [-0.1, -0.05) is 66.7 Å². The number of carbonyl (C=O) groups is 6. The van der Waals surface area contributed by atoms with Crippen molar-refractivity contribution in [3.05, 3.63) is 130 Å². The monoisotopic (exact) mass is 1120 g/mol. The fourth-order valence-electron chi connectivity index (χ4n) is 8.65. The lowest BCUT2D eigenvalue weighted by molar-refractivity contribution is -0.147. The van der Waals surface area contributed by atoms with Gasteiger partial charge in [0.2, 0.25) is 11.8 Å². The summed E-state index contributed by atoms with van der Waals surface area (Å²) >= 11 is 2.87. The van der Waals surface area contributed by atoms with Crippen LogP contribution in [0.1, 0.15) is 80.5 Å². The molecule has 23 heteroatoms. The molecule has 2 saturated heterocycles. The topological polar surface area (TPSA) is 240 Å². The molecule has 0 spiro atoms. The number of hydrogen-bond donors (Lipinski definition) is 8. The van der Waals surface area contributed by atoms with Gasteiger partial charge in [-0.05, 0) is 113 Å². The van der Waals surface area contributed by atoms with Gasteiger partial charge in [0, 0.05) is 35.7 Å². The van der Waals surface area contributed by atoms with E-state index in [-0.39, 0.29) is 48.8 Å². The lowest BCUT2D eigenvalue weighted by Gasteiger charge is -2.32. The molecule has 0 bridgehead atoms. The Balaban J connectivity index is 0.000000287. The van der Waals surface area contributed by atoms with Gasteiger partial charge in [0.25, 0.3) is 11.8 Å². The molecule has 0 saturated carbocycles. The van der Waals surface area contributed by atoms with Gasteiger partial charge in [0.15, 0.2) is 23.7 Å². The zero-order chi connectivity index (χ0) is 57.7. The van der Waals surface area contributed by atoms with E-state index in [1.54, 1.807) is 32.2 Å². The normalized spacial score (nSPS) is 17.9. The highest BCUT2D eigenvalue weighted by Gasteiger charge is 2.51. The highest BCUT2D eigenvalue weighted by atomic mass is 32.2. The summed E-state index contributed by atoms with van der Waals surface area (Å²) in [5.41, 5.74) is 4.20. The van der Waals surface area contributed by atoms with Gasteiger partial charge in [-0.25, -0.2) is 9.59 Å². The van der Waals surface area contributed by atoms with E-state index in [1.807, 2.05) is 90.1 Å². The van der Waals surface area contributed by atoms with Crippen LogP contribution in [0.3, 0.4) is 0 Å². The van der Waals surface area contributed by atoms with Crippen molar-refractivity contribution in [3.8, 4) is 11.5 Å². The third-order valence-electron chi connectivity index (χ3n) is 13.4. The standard InChI is InChI=1S/C28H38N4O6S.C27H33F3N4O4S/c1-17-9-7-8-10-20(17)15-29-25(34)24-28(3,4)39-16-32(24)26(35)23(33)18(2)31-27(36)30-14-19-11-12-21(37-5)22(13-19)38-6;1-16-8-5-6-10-19(16)14-31-23(36)22-26(3,4)39-15-34(22)24(37)21(35)17(2)33-25(38)32-13-18-9-7-11-20(12-18)27(28,29)30/h7-13,18,23-24,33H,14-16H2,1-6H3,(H,29,34)(H2,30,31,36);5-12,17,21-22,35H,13-15H2,1-4H3,(H,31,36)(H2,32,33,38). The van der Waals surface area contributed by atoms with Crippen molar-refractivity contribution >= 4 is 59.2 Å². The van der Waals surface area contributed by atoms with E-state index in [9.17, 15) is 52.2 Å². The Bertz CT molecular complexity index is 2770. The second-order valence-corrected chi connectivity index (χ2v) is 23.2. The SMILES string of the molecule is COc1ccc(CNC(=O)NC(C)C(O)C(=O)N2CSC(C)(C)C2C(=O)NCc2ccccc2C)cc1OC.Cc1ccccc1CNC(=O)C1N(C(=O)C(O)C(C)NC(=O)NCc2cccc(C(F)(F)F)c2)CSC1(C)C. The first-order valence-corrected chi connectivity index (χ1v) is 27.0. The molecular formula is C55H71F3N8O10S2. The maximum absolute atomic E-state index is 13.3. The maximum Gasteiger partial charge on any atom is 0.416 e. The molecule has 0 aromatic heterocycles. The molecule has 6 rings (SSSR count). The molecule has 2 fully saturated rings. The molecule has 2 aliphatic rings. The second kappa shape index (κ2) is 27.3. The fraction of sp³-hybridized carbons (Fsp3) is 0.455. The van der Waals surface area contributed by atoms with E-state index in [4.69, 9.17) is 9.47 Å². The number of amides is 8. The number of benzene rings is 4. The van der Waals surface area contributed by atoms with Crippen molar-refractivity contribution in [1.29, 1.82) is 0 Å². The van der Waals surface area contributed by atoms with E-state index in [0.29, 0.717) is 18.0 Å². The average molecular weight is 1130 g/mol. The third kappa shape index (κ3) is 16.4. The van der Waals surface area contributed by atoms with Crippen molar-refractivity contribution < 1.29 is 61.6 Å². The van der Waals surface area contributed by atoms with Crippen LogP contribution in [-0.4, -0.2) is 128 Å². The minimum atomic E-state index is -4.51. The molecule has 0 aliphatic carbocycles. The van der Waals surface area contributed by atoms with Gasteiger partial charge in [0.1, 0.15) is 12.1 Å². The summed E-state index contributed by atoms with van der Waals surface area (Å²) in [5.74, 6) is -0.424. The van der Waals surface area contributed by atoms with Crippen molar-refractivity contribution in [3.63, 3.8) is 0 Å². The molecule has 8 N–H and O–H groups in total. The Hall–Kier alpha value is -6.69. The van der Waals surface area contributed by atoms with Gasteiger partial charge >= 0.3 is 18.2 Å². The molecule has 8 amide bonds. The molecule has 6 atom stereocenters. The van der Waals surface area contributed by atoms with E-state index >= 15 is 0 Å². The first-order chi connectivity index (χ1) is 36.7. The van der Waals surface area contributed by atoms with Crippen LogP contribution >= 0.6 is 23.5 Å². The number of rotatable bonds is 18. The summed E-state index contributed by atoms with van der Waals surface area (Å²) in [6.45, 7) is 15.0. The number of thioether (sulfide) groups is 2. The number of aliphatic hydroxyl groups excluding tert-OH is 2. The van der Waals surface area contributed by atoms with Crippen molar-refractivity contribution in [2.75, 3.05) is 26.0 Å². The van der Waals surface area contributed by atoms with Crippen LogP contribution in [0.15, 0.2) is 91.0 Å². The Morgan fingerprint density at radius 2 is 1.03 bits per heavy atom. The van der Waals surface area contributed by atoms with E-state index in [0.717, 1.165) is 39.9 Å². The van der Waals surface area contributed by atoms with Crippen molar-refractivity contribution in [1.82, 2.24) is 41.7 Å². The van der Waals surface area contributed by atoms with Gasteiger partial charge in [-0.3, -0.25) is 19.2 Å². The van der Waals surface area contributed by atoms with Crippen molar-refractivity contribution in [2.45, 2.75) is 134 Å². The van der Waals surface area contributed by atoms with Crippen LogP contribution in [0.2, 0.25) is 0 Å². The Kier molecular flexibility index (Phi) is 21.7. The Morgan fingerprint density at radius 3 is 1.44 bits per heavy atom. The summed E-state index contributed by atoms with van der Waals surface area (Å²) in [7, 11) is 3.07. The molecule has 2 aliphatic heterocycles. The number of carbonyl (C=O) groups excluding carboxylic acids is 6. The molecule has 18 nitrogen and oxygen atoms in total. The average Bonchev–Trinajstić information content (AvgIpc) is 3.93. The minimum Gasteiger partial charge on any atom is -0.493 e. The highest BCUT2D eigenvalue weighted by Crippen LogP contribution is 2.41. The number of aryl methyl sites for hydroxylation is 2. The van der Waals surface area contributed by atoms with Crippen LogP contribution in [0.25, 0.3) is 0 Å². The molecular weight excluding hydrogens is 1050 g/mol. The predicted octanol–water partition coefficient (Wildman–Crippen LogP) is 6.12. The summed E-state index contributed by atoms with van der Waals surface area (Å²) < 4.78 is 48.0. The first kappa shape index (κ1) is 62.2. The number of hydrogen-bond acceptors (Lipinski definition) is 12. The Morgan fingerprint density at radius 1 is 0.603 bits per heavy atom. The largest absolute Gasteiger partial charge is 0.493 e. The third-order valence-corrected chi connectivity index (χ3v) is 16.1. The molecule has 424 valence electrons. The van der Waals surface area contributed by atoms with Gasteiger partial charge in [-0.15, -0.1) is 23.5 Å². The number of halogens is 3. The summed E-state index contributed by atoms with van der Waals surface area (Å²) in [6.07, 6.45) is -7.68. The zero-order valence-electron chi connectivity index (χ0n) is 45.4. The minimum absolute atomic E-state index is 0.180.